The van der Waals surface area contributed by atoms with Gasteiger partial charge in [0.2, 0.25) is 0 Å². The van der Waals surface area contributed by atoms with Crippen molar-refractivity contribution in [1.82, 2.24) is 25.3 Å². The zero-order valence-corrected chi connectivity index (χ0v) is 13.4. The number of pyridine rings is 2. The van der Waals surface area contributed by atoms with Crippen LogP contribution in [0.2, 0.25) is 0 Å². The van der Waals surface area contributed by atoms with E-state index in [4.69, 9.17) is 5.73 Å². The van der Waals surface area contributed by atoms with Gasteiger partial charge < -0.3 is 16.0 Å². The van der Waals surface area contributed by atoms with Gasteiger partial charge >= 0.3 is 0 Å². The van der Waals surface area contributed by atoms with Crippen LogP contribution in [0.25, 0.3) is 11.2 Å². The van der Waals surface area contributed by atoms with Gasteiger partial charge in [0.25, 0.3) is 5.91 Å². The van der Waals surface area contributed by atoms with Gasteiger partial charge in [0, 0.05) is 30.9 Å². The summed E-state index contributed by atoms with van der Waals surface area (Å²) >= 11 is 0. The summed E-state index contributed by atoms with van der Waals surface area (Å²) in [6.07, 6.45) is 3.23. The Morgan fingerprint density at radius 3 is 3.08 bits per heavy atom. The number of nitrogen functional groups attached to an aromatic ring is 1. The van der Waals surface area contributed by atoms with Crippen LogP contribution in [0.15, 0.2) is 30.6 Å². The summed E-state index contributed by atoms with van der Waals surface area (Å²) in [7, 11) is 0. The van der Waals surface area contributed by atoms with Crippen LogP contribution < -0.4 is 11.1 Å². The number of carbonyl (C=O) groups excluding carboxylic acids is 1. The van der Waals surface area contributed by atoms with E-state index in [1.165, 1.54) is 6.20 Å². The molecule has 0 bridgehead atoms. The Morgan fingerprint density at radius 2 is 2.32 bits per heavy atom. The van der Waals surface area contributed by atoms with Gasteiger partial charge in [0.05, 0.1) is 11.1 Å². The monoisotopic (exact) mass is 338 g/mol. The van der Waals surface area contributed by atoms with Gasteiger partial charge in [-0.25, -0.2) is 19.3 Å². The summed E-state index contributed by atoms with van der Waals surface area (Å²) in [6, 6.07) is 4.41. The number of fused-ring (bicyclic) bond motifs is 1. The van der Waals surface area contributed by atoms with E-state index in [0.717, 1.165) is 6.07 Å². The number of rotatable bonds is 3. The molecule has 4 N–H and O–H groups in total. The summed E-state index contributed by atoms with van der Waals surface area (Å²) in [5.74, 6) is 4.90. The standard InChI is InChI=1S/C17H15FN6O/c1-10(4-2-5-11-9-21-14(19)8-12(11)18)22-17(25)16-23-13-6-3-7-20-15(13)24-16/h3,6-10H,4H2,1H3,(H2,19,21)(H,22,25)(H,20,23,24)/t10-/m0/s1. The molecule has 3 rings (SSSR count). The maximum absolute atomic E-state index is 13.6. The molecule has 8 heteroatoms. The van der Waals surface area contributed by atoms with Gasteiger partial charge in [-0.2, -0.15) is 0 Å². The van der Waals surface area contributed by atoms with Crippen LogP contribution in [0, 0.1) is 17.7 Å². The van der Waals surface area contributed by atoms with Crippen LogP contribution in [0.1, 0.15) is 29.5 Å². The predicted octanol–water partition coefficient (Wildman–Crippen LogP) is 1.63. The number of anilines is 1. The van der Waals surface area contributed by atoms with Crippen LogP contribution in [-0.2, 0) is 0 Å². The molecule has 0 unspecified atom stereocenters. The van der Waals surface area contributed by atoms with Crippen molar-refractivity contribution in [2.45, 2.75) is 19.4 Å². The molecule has 0 aliphatic rings. The molecule has 1 amide bonds. The lowest BCUT2D eigenvalue weighted by Gasteiger charge is -2.08. The fraction of sp³-hybridized carbons (Fsp3) is 0.176. The first-order chi connectivity index (χ1) is 12.0. The number of hydrogen-bond acceptors (Lipinski definition) is 5. The van der Waals surface area contributed by atoms with Gasteiger partial charge in [-0.3, -0.25) is 4.79 Å². The molecule has 0 aliphatic carbocycles. The second-order valence-electron chi connectivity index (χ2n) is 5.43. The summed E-state index contributed by atoms with van der Waals surface area (Å²) in [4.78, 5) is 27.1. The highest BCUT2D eigenvalue weighted by Gasteiger charge is 2.13. The number of hydrogen-bond donors (Lipinski definition) is 3. The molecule has 0 radical (unpaired) electrons. The summed E-state index contributed by atoms with van der Waals surface area (Å²) in [6.45, 7) is 1.80. The van der Waals surface area contributed by atoms with E-state index in [0.29, 0.717) is 17.6 Å². The number of nitrogens with zero attached hydrogens (tertiary/aromatic N) is 3. The predicted molar refractivity (Wildman–Crippen MR) is 90.9 cm³/mol. The molecule has 0 saturated heterocycles. The lowest BCUT2D eigenvalue weighted by molar-refractivity contribution is 0.0931. The summed E-state index contributed by atoms with van der Waals surface area (Å²) < 4.78 is 13.6. The van der Waals surface area contributed by atoms with Crippen molar-refractivity contribution in [1.29, 1.82) is 0 Å². The zero-order chi connectivity index (χ0) is 17.8. The molecular weight excluding hydrogens is 323 g/mol. The second-order valence-corrected chi connectivity index (χ2v) is 5.43. The SMILES string of the molecule is C[C@@H](CC#Cc1cnc(N)cc1F)NC(=O)c1nc2ncccc2[nH]1. The first-order valence-electron chi connectivity index (χ1n) is 7.54. The summed E-state index contributed by atoms with van der Waals surface area (Å²) in [5, 5.41) is 2.77. The molecule has 3 aromatic heterocycles. The van der Waals surface area contributed by atoms with Gasteiger partial charge in [-0.05, 0) is 19.1 Å². The minimum Gasteiger partial charge on any atom is -0.384 e. The number of carbonyl (C=O) groups is 1. The number of amides is 1. The van der Waals surface area contributed by atoms with Crippen molar-refractivity contribution >= 4 is 22.9 Å². The van der Waals surface area contributed by atoms with E-state index in [1.807, 2.05) is 0 Å². The number of aromatic amines is 1. The molecule has 0 fully saturated rings. The third kappa shape index (κ3) is 3.90. The lowest BCUT2D eigenvalue weighted by Crippen LogP contribution is -2.32. The highest BCUT2D eigenvalue weighted by molar-refractivity contribution is 5.93. The largest absolute Gasteiger partial charge is 0.384 e. The first kappa shape index (κ1) is 16.4. The van der Waals surface area contributed by atoms with Crippen LogP contribution in [0.3, 0.4) is 0 Å². The minimum absolute atomic E-state index is 0.101. The Kier molecular flexibility index (Phi) is 4.57. The van der Waals surface area contributed by atoms with E-state index >= 15 is 0 Å². The number of nitrogens with one attached hydrogen (secondary N) is 2. The molecule has 25 heavy (non-hydrogen) atoms. The van der Waals surface area contributed by atoms with E-state index in [-0.39, 0.29) is 29.2 Å². The highest BCUT2D eigenvalue weighted by Crippen LogP contribution is 2.08. The van der Waals surface area contributed by atoms with Gasteiger partial charge in [-0.15, -0.1) is 0 Å². The van der Waals surface area contributed by atoms with Crippen molar-refractivity contribution in [3.05, 3.63) is 47.8 Å². The third-order valence-corrected chi connectivity index (χ3v) is 3.36. The Balaban J connectivity index is 1.61. The maximum Gasteiger partial charge on any atom is 0.287 e. The van der Waals surface area contributed by atoms with Crippen LogP contribution in [0.4, 0.5) is 10.2 Å². The Labute approximate surface area is 142 Å². The molecule has 0 saturated carbocycles. The van der Waals surface area contributed by atoms with Gasteiger partial charge in [-0.1, -0.05) is 11.8 Å². The van der Waals surface area contributed by atoms with E-state index in [9.17, 15) is 9.18 Å². The number of imidazole rings is 1. The average Bonchev–Trinajstić information content (AvgIpc) is 3.01. The third-order valence-electron chi connectivity index (χ3n) is 3.36. The molecule has 3 heterocycles. The van der Waals surface area contributed by atoms with Crippen LogP contribution >= 0.6 is 0 Å². The van der Waals surface area contributed by atoms with Crippen molar-refractivity contribution in [3.63, 3.8) is 0 Å². The van der Waals surface area contributed by atoms with Crippen molar-refractivity contribution in [3.8, 4) is 11.8 Å². The normalized spacial score (nSPS) is 11.6. The van der Waals surface area contributed by atoms with E-state index in [1.54, 1.807) is 25.3 Å². The van der Waals surface area contributed by atoms with Crippen molar-refractivity contribution < 1.29 is 9.18 Å². The molecule has 1 atom stereocenters. The topological polar surface area (TPSA) is 110 Å². The lowest BCUT2D eigenvalue weighted by atomic mass is 10.2. The summed E-state index contributed by atoms with van der Waals surface area (Å²) in [5.41, 5.74) is 6.71. The van der Waals surface area contributed by atoms with E-state index < -0.39 is 5.82 Å². The number of aromatic nitrogens is 4. The first-order valence-corrected chi connectivity index (χ1v) is 7.54. The molecule has 7 nitrogen and oxygen atoms in total. The fourth-order valence-corrected chi connectivity index (χ4v) is 2.13. The Morgan fingerprint density at radius 1 is 1.48 bits per heavy atom. The number of halogens is 1. The Bertz CT molecular complexity index is 954. The van der Waals surface area contributed by atoms with Gasteiger partial charge in [0.15, 0.2) is 11.5 Å². The molecule has 3 aromatic rings. The van der Waals surface area contributed by atoms with Crippen molar-refractivity contribution in [2.24, 2.45) is 0 Å². The van der Waals surface area contributed by atoms with Crippen molar-refractivity contribution in [2.75, 3.05) is 5.73 Å². The molecule has 0 aliphatic heterocycles. The number of H-pyrrole nitrogens is 1. The maximum atomic E-state index is 13.6. The minimum atomic E-state index is -0.522. The highest BCUT2D eigenvalue weighted by atomic mass is 19.1. The molecule has 126 valence electrons. The zero-order valence-electron chi connectivity index (χ0n) is 13.4. The average molecular weight is 338 g/mol. The smallest absolute Gasteiger partial charge is 0.287 e. The number of nitrogens with two attached hydrogens (primary N) is 1. The molecule has 0 aromatic carbocycles. The Hall–Kier alpha value is -3.47. The quantitative estimate of drug-likeness (QED) is 0.629. The second kappa shape index (κ2) is 6.97. The molecular formula is C17H15FN6O. The van der Waals surface area contributed by atoms with Gasteiger partial charge in [0.1, 0.15) is 11.6 Å². The fourth-order valence-electron chi connectivity index (χ4n) is 2.13. The van der Waals surface area contributed by atoms with Crippen LogP contribution in [-0.4, -0.2) is 31.9 Å². The van der Waals surface area contributed by atoms with Crippen LogP contribution in [0.5, 0.6) is 0 Å². The molecule has 0 spiro atoms. The van der Waals surface area contributed by atoms with E-state index in [2.05, 4.69) is 37.1 Å².